The van der Waals surface area contributed by atoms with Crippen LogP contribution in [0.3, 0.4) is 0 Å². The molecule has 1 aromatic carbocycles. The molecule has 1 unspecified atom stereocenters. The zero-order valence-corrected chi connectivity index (χ0v) is 16.5. The van der Waals surface area contributed by atoms with E-state index in [0.717, 1.165) is 17.4 Å². The van der Waals surface area contributed by atoms with Crippen LogP contribution in [0.2, 0.25) is 0 Å². The molecule has 28 heavy (non-hydrogen) atoms. The van der Waals surface area contributed by atoms with Crippen LogP contribution in [0.1, 0.15) is 12.6 Å². The molecule has 0 fully saturated rings. The van der Waals surface area contributed by atoms with E-state index >= 15 is 0 Å². The molecule has 2 aromatic heterocycles. The zero-order chi connectivity index (χ0) is 20.3. The molecule has 0 aliphatic carbocycles. The van der Waals surface area contributed by atoms with E-state index in [4.69, 9.17) is 6.42 Å². The van der Waals surface area contributed by atoms with Crippen molar-refractivity contribution in [2.75, 3.05) is 6.54 Å². The highest BCUT2D eigenvalue weighted by Gasteiger charge is 2.24. The second-order valence-corrected chi connectivity index (χ2v) is 7.27. The Bertz CT molecular complexity index is 1090. The fourth-order valence-corrected chi connectivity index (χ4v) is 3.50. The van der Waals surface area contributed by atoms with Gasteiger partial charge in [0.2, 0.25) is 11.1 Å². The molecular weight excluding hydrogens is 378 g/mol. The van der Waals surface area contributed by atoms with Gasteiger partial charge in [0, 0.05) is 7.05 Å². The molecule has 1 amide bonds. The first-order valence-corrected chi connectivity index (χ1v) is 9.34. The average molecular weight is 397 g/mol. The van der Waals surface area contributed by atoms with Gasteiger partial charge in [0.15, 0.2) is 5.69 Å². The third-order valence-corrected chi connectivity index (χ3v) is 5.23. The Balaban J connectivity index is 1.99. The van der Waals surface area contributed by atoms with Gasteiger partial charge in [-0.2, -0.15) is 4.68 Å². The molecule has 0 bridgehead atoms. The van der Waals surface area contributed by atoms with E-state index in [2.05, 4.69) is 26.8 Å². The number of rotatable bonds is 6. The van der Waals surface area contributed by atoms with Crippen molar-refractivity contribution in [3.63, 3.8) is 0 Å². The van der Waals surface area contributed by atoms with Gasteiger partial charge < -0.3 is 5.32 Å². The van der Waals surface area contributed by atoms with Crippen molar-refractivity contribution < 1.29 is 4.79 Å². The maximum absolute atomic E-state index is 13.1. The lowest BCUT2D eigenvalue weighted by Gasteiger charge is -2.09. The SMILES string of the molecule is C#CCNC(=O)C(C)Sc1nnnn1-c1c(C)n(C)n(-c2ccccc2)c1=O. The second-order valence-electron chi connectivity index (χ2n) is 5.97. The maximum atomic E-state index is 13.1. The number of thioether (sulfide) groups is 1. The Hall–Kier alpha value is -3.32. The summed E-state index contributed by atoms with van der Waals surface area (Å²) in [5.74, 6) is 2.12. The lowest BCUT2D eigenvalue weighted by atomic mass is 10.3. The summed E-state index contributed by atoms with van der Waals surface area (Å²) in [7, 11) is 1.79. The number of nitrogens with one attached hydrogen (secondary N) is 1. The fourth-order valence-electron chi connectivity index (χ4n) is 2.68. The van der Waals surface area contributed by atoms with Crippen molar-refractivity contribution in [2.24, 2.45) is 7.05 Å². The average Bonchev–Trinajstić information content (AvgIpc) is 3.22. The number of carbonyl (C=O) groups excluding carboxylic acids is 1. The van der Waals surface area contributed by atoms with E-state index in [1.165, 1.54) is 4.68 Å². The van der Waals surface area contributed by atoms with Crippen LogP contribution in [0, 0.1) is 19.3 Å². The molecule has 3 rings (SSSR count). The second kappa shape index (κ2) is 8.14. The Morgan fingerprint density at radius 1 is 1.36 bits per heavy atom. The molecule has 144 valence electrons. The molecule has 0 saturated carbocycles. The van der Waals surface area contributed by atoms with Crippen LogP contribution in [0.5, 0.6) is 0 Å². The summed E-state index contributed by atoms with van der Waals surface area (Å²) in [4.78, 5) is 25.2. The smallest absolute Gasteiger partial charge is 0.297 e. The largest absolute Gasteiger partial charge is 0.344 e. The molecule has 1 N–H and O–H groups in total. The van der Waals surface area contributed by atoms with Crippen LogP contribution in [-0.2, 0) is 11.8 Å². The van der Waals surface area contributed by atoms with E-state index < -0.39 is 5.25 Å². The molecule has 0 aliphatic rings. The highest BCUT2D eigenvalue weighted by Crippen LogP contribution is 2.23. The number of aromatic nitrogens is 6. The minimum Gasteiger partial charge on any atom is -0.344 e. The van der Waals surface area contributed by atoms with Gasteiger partial charge in [-0.05, 0) is 36.4 Å². The number of benzene rings is 1. The van der Waals surface area contributed by atoms with Crippen molar-refractivity contribution in [1.82, 2.24) is 34.9 Å². The number of tetrazole rings is 1. The van der Waals surface area contributed by atoms with Gasteiger partial charge in [0.25, 0.3) is 5.56 Å². The van der Waals surface area contributed by atoms with Crippen LogP contribution >= 0.6 is 11.8 Å². The first kappa shape index (κ1) is 19.4. The highest BCUT2D eigenvalue weighted by atomic mass is 32.2. The monoisotopic (exact) mass is 397 g/mol. The molecule has 0 radical (unpaired) electrons. The predicted octanol–water partition coefficient (Wildman–Crippen LogP) is 0.690. The number of amides is 1. The molecule has 0 saturated heterocycles. The summed E-state index contributed by atoms with van der Waals surface area (Å²) in [6.45, 7) is 3.68. The molecule has 9 nitrogen and oxygen atoms in total. The van der Waals surface area contributed by atoms with Crippen molar-refractivity contribution in [1.29, 1.82) is 0 Å². The van der Waals surface area contributed by atoms with E-state index in [9.17, 15) is 9.59 Å². The van der Waals surface area contributed by atoms with E-state index in [1.54, 1.807) is 23.3 Å². The topological polar surface area (TPSA) is 99.6 Å². The quantitative estimate of drug-likeness (QED) is 0.485. The maximum Gasteiger partial charge on any atom is 0.297 e. The Kier molecular flexibility index (Phi) is 5.65. The zero-order valence-electron chi connectivity index (χ0n) is 15.7. The van der Waals surface area contributed by atoms with Crippen molar-refractivity contribution in [3.05, 3.63) is 46.4 Å². The molecule has 0 aliphatic heterocycles. The number of carbonyl (C=O) groups is 1. The minimum absolute atomic E-state index is 0.147. The Morgan fingerprint density at radius 2 is 2.07 bits per heavy atom. The van der Waals surface area contributed by atoms with Crippen LogP contribution in [0.25, 0.3) is 11.4 Å². The highest BCUT2D eigenvalue weighted by molar-refractivity contribution is 8.00. The van der Waals surface area contributed by atoms with Crippen LogP contribution in [0.15, 0.2) is 40.3 Å². The van der Waals surface area contributed by atoms with Gasteiger partial charge in [-0.15, -0.1) is 11.5 Å². The normalized spacial score (nSPS) is 11.8. The summed E-state index contributed by atoms with van der Waals surface area (Å²) in [6.07, 6.45) is 5.16. The van der Waals surface area contributed by atoms with Gasteiger partial charge in [-0.25, -0.2) is 4.68 Å². The van der Waals surface area contributed by atoms with Crippen molar-refractivity contribution in [2.45, 2.75) is 24.3 Å². The number of terminal acetylenes is 1. The van der Waals surface area contributed by atoms with Gasteiger partial charge in [-0.1, -0.05) is 35.9 Å². The molecule has 0 spiro atoms. The Labute approximate surface area is 165 Å². The first-order chi connectivity index (χ1) is 13.5. The van der Waals surface area contributed by atoms with Crippen LogP contribution in [0.4, 0.5) is 0 Å². The molecular formula is C18H19N7O2S. The summed E-state index contributed by atoms with van der Waals surface area (Å²) >= 11 is 1.15. The molecule has 2 heterocycles. The molecule has 10 heteroatoms. The number of para-hydroxylation sites is 1. The fraction of sp³-hybridized carbons (Fsp3) is 0.278. The first-order valence-electron chi connectivity index (χ1n) is 8.46. The van der Waals surface area contributed by atoms with E-state index in [-0.39, 0.29) is 18.0 Å². The predicted molar refractivity (Wildman–Crippen MR) is 106 cm³/mol. The van der Waals surface area contributed by atoms with Crippen molar-refractivity contribution >= 4 is 17.7 Å². The summed E-state index contributed by atoms with van der Waals surface area (Å²) in [6, 6.07) is 9.29. The Morgan fingerprint density at radius 3 is 2.75 bits per heavy atom. The summed E-state index contributed by atoms with van der Waals surface area (Å²) < 4.78 is 4.66. The number of hydrogen-bond acceptors (Lipinski definition) is 6. The lowest BCUT2D eigenvalue weighted by Crippen LogP contribution is -2.31. The molecule has 3 aromatic rings. The summed E-state index contributed by atoms with van der Waals surface area (Å²) in [5.41, 5.74) is 1.49. The number of hydrogen-bond donors (Lipinski definition) is 1. The van der Waals surface area contributed by atoms with Gasteiger partial charge in [0.05, 0.1) is 23.2 Å². The van der Waals surface area contributed by atoms with Gasteiger partial charge in [-0.3, -0.25) is 14.3 Å². The minimum atomic E-state index is -0.488. The van der Waals surface area contributed by atoms with Gasteiger partial charge in [0.1, 0.15) is 0 Å². The summed E-state index contributed by atoms with van der Waals surface area (Å²) in [5, 5.41) is 14.1. The molecule has 1 atom stereocenters. The third-order valence-electron chi connectivity index (χ3n) is 4.19. The number of nitrogens with zero attached hydrogens (tertiary/aromatic N) is 6. The third kappa shape index (κ3) is 3.57. The van der Waals surface area contributed by atoms with Crippen LogP contribution < -0.4 is 10.9 Å². The van der Waals surface area contributed by atoms with E-state index in [0.29, 0.717) is 16.5 Å². The van der Waals surface area contributed by atoms with Crippen LogP contribution in [-0.4, -0.2) is 47.3 Å². The van der Waals surface area contributed by atoms with Gasteiger partial charge >= 0.3 is 0 Å². The standard InChI is InChI=1S/C18H19N7O2S/c1-5-11-19-16(26)13(3)28-18-20-21-22-24(18)15-12(2)23(4)25(17(15)27)14-9-7-6-8-10-14/h1,6-10,13H,11H2,2-4H3,(H,19,26). The lowest BCUT2D eigenvalue weighted by molar-refractivity contribution is -0.120. The van der Waals surface area contributed by atoms with Crippen molar-refractivity contribution in [3.8, 4) is 23.7 Å². The van der Waals surface area contributed by atoms with E-state index in [1.807, 2.05) is 37.3 Å².